The standard InChI is InChI=1S/C17H31N3O4/c1-13-10-20(11-14(2)23-13)15(21)12-18-6-8-19(9-7-18)16(22)24-17(3,4)5/h13-14H,6-12H2,1-5H3. The summed E-state index contributed by atoms with van der Waals surface area (Å²) in [7, 11) is 0. The van der Waals surface area contributed by atoms with Crippen molar-refractivity contribution in [2.24, 2.45) is 0 Å². The first-order valence-corrected chi connectivity index (χ1v) is 8.77. The summed E-state index contributed by atoms with van der Waals surface area (Å²) in [5.74, 6) is 0.141. The second kappa shape index (κ2) is 7.70. The third kappa shape index (κ3) is 5.63. The molecular weight excluding hydrogens is 310 g/mol. The third-order valence-corrected chi connectivity index (χ3v) is 4.16. The summed E-state index contributed by atoms with van der Waals surface area (Å²) in [6.45, 7) is 13.9. The monoisotopic (exact) mass is 341 g/mol. The molecule has 0 aliphatic carbocycles. The van der Waals surface area contributed by atoms with Crippen LogP contribution in [0, 0.1) is 0 Å². The quantitative estimate of drug-likeness (QED) is 0.755. The Morgan fingerprint density at radius 2 is 1.54 bits per heavy atom. The highest BCUT2D eigenvalue weighted by atomic mass is 16.6. The largest absolute Gasteiger partial charge is 0.444 e. The van der Waals surface area contributed by atoms with Crippen molar-refractivity contribution in [1.82, 2.24) is 14.7 Å². The molecule has 2 atom stereocenters. The Morgan fingerprint density at radius 3 is 2.04 bits per heavy atom. The van der Waals surface area contributed by atoms with Gasteiger partial charge in [0.1, 0.15) is 5.60 Å². The summed E-state index contributed by atoms with van der Waals surface area (Å²) in [5, 5.41) is 0. The van der Waals surface area contributed by atoms with Crippen LogP contribution < -0.4 is 0 Å². The third-order valence-electron chi connectivity index (χ3n) is 4.16. The van der Waals surface area contributed by atoms with Crippen molar-refractivity contribution in [1.29, 1.82) is 0 Å². The van der Waals surface area contributed by atoms with E-state index in [4.69, 9.17) is 9.47 Å². The first-order valence-electron chi connectivity index (χ1n) is 8.77. The smallest absolute Gasteiger partial charge is 0.410 e. The first kappa shape index (κ1) is 19.0. The summed E-state index contributed by atoms with van der Waals surface area (Å²) >= 11 is 0. The lowest BCUT2D eigenvalue weighted by atomic mass is 10.2. The maximum atomic E-state index is 12.5. The molecule has 2 amide bonds. The van der Waals surface area contributed by atoms with Gasteiger partial charge in [0.05, 0.1) is 18.8 Å². The van der Waals surface area contributed by atoms with E-state index in [9.17, 15) is 9.59 Å². The Bertz CT molecular complexity index is 445. The molecule has 0 aromatic carbocycles. The molecule has 0 saturated carbocycles. The van der Waals surface area contributed by atoms with Gasteiger partial charge in [-0.3, -0.25) is 9.69 Å². The molecule has 24 heavy (non-hydrogen) atoms. The fraction of sp³-hybridized carbons (Fsp3) is 0.882. The normalized spacial score (nSPS) is 26.4. The molecule has 7 nitrogen and oxygen atoms in total. The minimum atomic E-state index is -0.478. The van der Waals surface area contributed by atoms with Gasteiger partial charge >= 0.3 is 6.09 Å². The van der Waals surface area contributed by atoms with Crippen LogP contribution in [0.3, 0.4) is 0 Å². The highest BCUT2D eigenvalue weighted by molar-refractivity contribution is 5.78. The number of piperazine rings is 1. The number of carbonyl (C=O) groups is 2. The van der Waals surface area contributed by atoms with Crippen LogP contribution in [-0.4, -0.2) is 90.3 Å². The first-order chi connectivity index (χ1) is 11.1. The van der Waals surface area contributed by atoms with Crippen LogP contribution in [0.1, 0.15) is 34.6 Å². The average molecular weight is 341 g/mol. The molecule has 2 heterocycles. The van der Waals surface area contributed by atoms with E-state index in [2.05, 4.69) is 4.90 Å². The van der Waals surface area contributed by atoms with Crippen molar-refractivity contribution in [3.8, 4) is 0 Å². The molecule has 2 fully saturated rings. The predicted molar refractivity (Wildman–Crippen MR) is 90.8 cm³/mol. The van der Waals surface area contributed by atoms with Crippen LogP contribution in [0.25, 0.3) is 0 Å². The highest BCUT2D eigenvalue weighted by Crippen LogP contribution is 2.13. The van der Waals surface area contributed by atoms with Crippen LogP contribution in [0.15, 0.2) is 0 Å². The fourth-order valence-corrected chi connectivity index (χ4v) is 3.09. The number of nitrogens with zero attached hydrogens (tertiary/aromatic N) is 3. The molecule has 2 rings (SSSR count). The zero-order chi connectivity index (χ0) is 17.9. The van der Waals surface area contributed by atoms with E-state index in [0.717, 1.165) is 0 Å². The van der Waals surface area contributed by atoms with E-state index < -0.39 is 5.60 Å². The zero-order valence-electron chi connectivity index (χ0n) is 15.6. The fourth-order valence-electron chi connectivity index (χ4n) is 3.09. The van der Waals surface area contributed by atoms with Crippen molar-refractivity contribution in [3.63, 3.8) is 0 Å². The number of carbonyl (C=O) groups excluding carboxylic acids is 2. The summed E-state index contributed by atoms with van der Waals surface area (Å²) in [5.41, 5.74) is -0.478. The number of ether oxygens (including phenoxy) is 2. The number of rotatable bonds is 2. The van der Waals surface area contributed by atoms with Gasteiger partial charge in [0.15, 0.2) is 0 Å². The van der Waals surface area contributed by atoms with Gasteiger partial charge in [-0.05, 0) is 34.6 Å². The Morgan fingerprint density at radius 1 is 1.00 bits per heavy atom. The number of amides is 2. The Balaban J connectivity index is 1.76. The number of hydrogen-bond acceptors (Lipinski definition) is 5. The molecule has 2 aliphatic heterocycles. The maximum absolute atomic E-state index is 12.5. The summed E-state index contributed by atoms with van der Waals surface area (Å²) in [6.07, 6.45) is -0.104. The van der Waals surface area contributed by atoms with Gasteiger partial charge in [-0.1, -0.05) is 0 Å². The van der Waals surface area contributed by atoms with Gasteiger partial charge in [-0.2, -0.15) is 0 Å². The molecular formula is C17H31N3O4. The van der Waals surface area contributed by atoms with Gasteiger partial charge < -0.3 is 19.3 Å². The second-order valence-electron chi connectivity index (χ2n) is 7.80. The van der Waals surface area contributed by atoms with Crippen LogP contribution in [0.2, 0.25) is 0 Å². The highest BCUT2D eigenvalue weighted by Gasteiger charge is 2.29. The molecule has 7 heteroatoms. The van der Waals surface area contributed by atoms with Gasteiger partial charge in [-0.15, -0.1) is 0 Å². The zero-order valence-corrected chi connectivity index (χ0v) is 15.6. The molecule has 0 aromatic rings. The molecule has 138 valence electrons. The van der Waals surface area contributed by atoms with Crippen molar-refractivity contribution in [3.05, 3.63) is 0 Å². The Labute approximate surface area is 144 Å². The molecule has 0 radical (unpaired) electrons. The lowest BCUT2D eigenvalue weighted by Gasteiger charge is -2.38. The molecule has 0 aromatic heterocycles. The van der Waals surface area contributed by atoms with Gasteiger partial charge in [-0.25, -0.2) is 4.79 Å². The van der Waals surface area contributed by atoms with Crippen LogP contribution in [0.5, 0.6) is 0 Å². The maximum Gasteiger partial charge on any atom is 0.410 e. The second-order valence-corrected chi connectivity index (χ2v) is 7.80. The van der Waals surface area contributed by atoms with E-state index in [-0.39, 0.29) is 24.2 Å². The summed E-state index contributed by atoms with van der Waals surface area (Å²) in [4.78, 5) is 30.2. The minimum absolute atomic E-state index is 0.0849. The summed E-state index contributed by atoms with van der Waals surface area (Å²) in [6, 6.07) is 0. The molecule has 0 bridgehead atoms. The lowest BCUT2D eigenvalue weighted by molar-refractivity contribution is -0.144. The molecule has 2 aliphatic rings. The number of morpholine rings is 1. The Kier molecular flexibility index (Phi) is 6.09. The van der Waals surface area contributed by atoms with Gasteiger partial charge in [0, 0.05) is 39.3 Å². The van der Waals surface area contributed by atoms with Crippen LogP contribution in [-0.2, 0) is 14.3 Å². The van der Waals surface area contributed by atoms with Gasteiger partial charge in [0.2, 0.25) is 5.91 Å². The molecule has 0 N–H and O–H groups in total. The summed E-state index contributed by atoms with van der Waals surface area (Å²) < 4.78 is 11.1. The van der Waals surface area contributed by atoms with Crippen LogP contribution in [0.4, 0.5) is 4.79 Å². The Hall–Kier alpha value is -1.34. The van der Waals surface area contributed by atoms with E-state index >= 15 is 0 Å². The molecule has 2 saturated heterocycles. The van der Waals surface area contributed by atoms with Crippen molar-refractivity contribution < 1.29 is 19.1 Å². The van der Waals surface area contributed by atoms with E-state index in [0.29, 0.717) is 45.8 Å². The van der Waals surface area contributed by atoms with Gasteiger partial charge in [0.25, 0.3) is 0 Å². The predicted octanol–water partition coefficient (Wildman–Crippen LogP) is 1.17. The SMILES string of the molecule is CC1CN(C(=O)CN2CCN(C(=O)OC(C)(C)C)CC2)CC(C)O1. The number of hydrogen-bond donors (Lipinski definition) is 0. The van der Waals surface area contributed by atoms with E-state index in [1.165, 1.54) is 0 Å². The van der Waals surface area contributed by atoms with E-state index in [1.54, 1.807) is 4.90 Å². The average Bonchev–Trinajstić information content (AvgIpc) is 2.45. The molecule has 2 unspecified atom stereocenters. The topological polar surface area (TPSA) is 62.3 Å². The van der Waals surface area contributed by atoms with E-state index in [1.807, 2.05) is 39.5 Å². The van der Waals surface area contributed by atoms with Crippen molar-refractivity contribution in [2.45, 2.75) is 52.4 Å². The van der Waals surface area contributed by atoms with Crippen molar-refractivity contribution >= 4 is 12.0 Å². The molecule has 0 spiro atoms. The van der Waals surface area contributed by atoms with Crippen molar-refractivity contribution in [2.75, 3.05) is 45.8 Å². The minimum Gasteiger partial charge on any atom is -0.444 e. The van der Waals surface area contributed by atoms with Crippen LogP contribution >= 0.6 is 0 Å². The lowest BCUT2D eigenvalue weighted by Crippen LogP contribution is -2.54.